The maximum atomic E-state index is 11.5. The van der Waals surface area contributed by atoms with Crippen molar-refractivity contribution in [2.24, 2.45) is 0 Å². The van der Waals surface area contributed by atoms with E-state index in [9.17, 15) is 4.79 Å². The van der Waals surface area contributed by atoms with Crippen molar-refractivity contribution in [2.45, 2.75) is 57.5 Å². The van der Waals surface area contributed by atoms with Gasteiger partial charge in [0.1, 0.15) is 6.10 Å². The van der Waals surface area contributed by atoms with Crippen LogP contribution in [0, 0.1) is 12.3 Å². The molecule has 0 aromatic rings. The van der Waals surface area contributed by atoms with Crippen LogP contribution >= 0.6 is 0 Å². The van der Waals surface area contributed by atoms with E-state index in [0.29, 0.717) is 6.54 Å². The predicted molar refractivity (Wildman–Crippen MR) is 68.5 cm³/mol. The van der Waals surface area contributed by atoms with Crippen molar-refractivity contribution in [1.82, 2.24) is 5.32 Å². The largest absolute Gasteiger partial charge is 0.461 e. The van der Waals surface area contributed by atoms with Crippen LogP contribution in [0.25, 0.3) is 0 Å². The molecular formula is C14H23NO2. The van der Waals surface area contributed by atoms with Gasteiger partial charge in [0.05, 0.1) is 13.1 Å². The summed E-state index contributed by atoms with van der Waals surface area (Å²) in [4.78, 5) is 11.5. The van der Waals surface area contributed by atoms with Gasteiger partial charge < -0.3 is 4.74 Å². The molecule has 0 amide bonds. The second-order valence-corrected chi connectivity index (χ2v) is 4.62. The number of esters is 1. The van der Waals surface area contributed by atoms with Crippen LogP contribution in [-0.4, -0.2) is 25.2 Å². The molecule has 0 aromatic carbocycles. The average molecular weight is 237 g/mol. The van der Waals surface area contributed by atoms with Crippen molar-refractivity contribution >= 4 is 5.97 Å². The minimum atomic E-state index is -0.176. The van der Waals surface area contributed by atoms with Crippen LogP contribution in [-0.2, 0) is 9.53 Å². The Hall–Kier alpha value is -1.01. The average Bonchev–Trinajstić information content (AvgIpc) is 2.43. The Morgan fingerprint density at radius 2 is 1.76 bits per heavy atom. The molecule has 1 aliphatic carbocycles. The van der Waals surface area contributed by atoms with Crippen LogP contribution in [0.1, 0.15) is 51.4 Å². The van der Waals surface area contributed by atoms with Gasteiger partial charge in [-0.2, -0.15) is 0 Å². The Bertz CT molecular complexity index is 247. The Morgan fingerprint density at radius 1 is 1.18 bits per heavy atom. The summed E-state index contributed by atoms with van der Waals surface area (Å²) in [7, 11) is 0. The fourth-order valence-corrected chi connectivity index (χ4v) is 2.18. The van der Waals surface area contributed by atoms with Crippen molar-refractivity contribution in [3.63, 3.8) is 0 Å². The van der Waals surface area contributed by atoms with Gasteiger partial charge in [-0.3, -0.25) is 10.1 Å². The summed E-state index contributed by atoms with van der Waals surface area (Å²) in [6.45, 7) is 0.639. The van der Waals surface area contributed by atoms with Crippen molar-refractivity contribution in [1.29, 1.82) is 0 Å². The summed E-state index contributed by atoms with van der Waals surface area (Å²) in [6, 6.07) is 0. The van der Waals surface area contributed by atoms with Crippen LogP contribution in [0.5, 0.6) is 0 Å². The van der Waals surface area contributed by atoms with Crippen molar-refractivity contribution in [2.75, 3.05) is 13.1 Å². The first-order valence-electron chi connectivity index (χ1n) is 6.66. The SMILES string of the molecule is C#CCNCC(=O)OC1CCCCCCCC1. The van der Waals surface area contributed by atoms with E-state index in [1.54, 1.807) is 0 Å². The Labute approximate surface area is 104 Å². The van der Waals surface area contributed by atoms with Gasteiger partial charge in [-0.1, -0.05) is 31.6 Å². The highest BCUT2D eigenvalue weighted by Gasteiger charge is 2.14. The molecule has 3 nitrogen and oxygen atoms in total. The summed E-state index contributed by atoms with van der Waals surface area (Å²) < 4.78 is 5.46. The first kappa shape index (κ1) is 14.1. The molecular weight excluding hydrogens is 214 g/mol. The molecule has 0 saturated heterocycles. The molecule has 1 rings (SSSR count). The highest BCUT2D eigenvalue weighted by molar-refractivity contribution is 5.71. The summed E-state index contributed by atoms with van der Waals surface area (Å²) in [5, 5.41) is 2.85. The second-order valence-electron chi connectivity index (χ2n) is 4.62. The first-order valence-corrected chi connectivity index (χ1v) is 6.66. The van der Waals surface area contributed by atoms with Crippen molar-refractivity contribution in [3.05, 3.63) is 0 Å². The zero-order valence-corrected chi connectivity index (χ0v) is 10.5. The summed E-state index contributed by atoms with van der Waals surface area (Å²) >= 11 is 0. The molecule has 3 heteroatoms. The van der Waals surface area contributed by atoms with E-state index in [0.717, 1.165) is 12.8 Å². The quantitative estimate of drug-likeness (QED) is 0.463. The number of rotatable bonds is 4. The normalized spacial score (nSPS) is 18.5. The van der Waals surface area contributed by atoms with Gasteiger partial charge in [0.25, 0.3) is 0 Å². The van der Waals surface area contributed by atoms with Crippen LogP contribution in [0.15, 0.2) is 0 Å². The standard InChI is InChI=1S/C14H23NO2/c1-2-11-15-12-14(16)17-13-9-7-5-3-4-6-8-10-13/h1,13,15H,3-12H2. The van der Waals surface area contributed by atoms with E-state index in [4.69, 9.17) is 11.2 Å². The second kappa shape index (κ2) is 9.07. The molecule has 0 unspecified atom stereocenters. The molecule has 1 N–H and O–H groups in total. The highest BCUT2D eigenvalue weighted by Crippen LogP contribution is 2.19. The van der Waals surface area contributed by atoms with Gasteiger partial charge in [-0.05, 0) is 25.7 Å². The summed E-state index contributed by atoms with van der Waals surface area (Å²) in [5.41, 5.74) is 0. The number of nitrogens with one attached hydrogen (secondary N) is 1. The van der Waals surface area contributed by atoms with Crippen molar-refractivity contribution < 1.29 is 9.53 Å². The monoisotopic (exact) mass is 237 g/mol. The Balaban J connectivity index is 2.22. The molecule has 0 bridgehead atoms. The first-order chi connectivity index (χ1) is 8.33. The molecule has 96 valence electrons. The van der Waals surface area contributed by atoms with Gasteiger partial charge in [0, 0.05) is 0 Å². The van der Waals surface area contributed by atoms with Gasteiger partial charge in [-0.25, -0.2) is 0 Å². The third-order valence-corrected chi connectivity index (χ3v) is 3.10. The Morgan fingerprint density at radius 3 is 2.35 bits per heavy atom. The van der Waals surface area contributed by atoms with Crippen LogP contribution < -0.4 is 5.32 Å². The van der Waals surface area contributed by atoms with E-state index < -0.39 is 0 Å². The fourth-order valence-electron chi connectivity index (χ4n) is 2.18. The van der Waals surface area contributed by atoms with Gasteiger partial charge in [0.15, 0.2) is 0 Å². The van der Waals surface area contributed by atoms with Gasteiger partial charge >= 0.3 is 5.97 Å². The lowest BCUT2D eigenvalue weighted by molar-refractivity contribution is -0.148. The number of terminal acetylenes is 1. The number of carbonyl (C=O) groups excluding carboxylic acids is 1. The zero-order chi connectivity index (χ0) is 12.3. The van der Waals surface area contributed by atoms with E-state index in [2.05, 4.69) is 11.2 Å². The molecule has 0 radical (unpaired) electrons. The molecule has 0 aromatic heterocycles. The van der Waals surface area contributed by atoms with Crippen LogP contribution in [0.2, 0.25) is 0 Å². The third kappa shape index (κ3) is 7.01. The van der Waals surface area contributed by atoms with Crippen LogP contribution in [0.3, 0.4) is 0 Å². The minimum Gasteiger partial charge on any atom is -0.461 e. The van der Waals surface area contributed by atoms with Gasteiger partial charge in [-0.15, -0.1) is 6.42 Å². The lowest BCUT2D eigenvalue weighted by Gasteiger charge is -2.17. The molecule has 0 heterocycles. The third-order valence-electron chi connectivity index (χ3n) is 3.10. The van der Waals surface area contributed by atoms with Crippen LogP contribution in [0.4, 0.5) is 0 Å². The number of hydrogen-bond donors (Lipinski definition) is 1. The molecule has 17 heavy (non-hydrogen) atoms. The maximum Gasteiger partial charge on any atom is 0.320 e. The summed E-state index contributed by atoms with van der Waals surface area (Å²) in [6.07, 6.45) is 14.8. The molecule has 1 aliphatic rings. The molecule has 0 spiro atoms. The van der Waals surface area contributed by atoms with Gasteiger partial charge in [0.2, 0.25) is 0 Å². The predicted octanol–water partition coefficient (Wildman–Crippen LogP) is 2.26. The number of ether oxygens (including phenoxy) is 1. The number of hydrogen-bond acceptors (Lipinski definition) is 3. The summed E-state index contributed by atoms with van der Waals surface area (Å²) in [5.74, 6) is 2.26. The van der Waals surface area contributed by atoms with E-state index in [1.807, 2.05) is 0 Å². The topological polar surface area (TPSA) is 38.3 Å². The van der Waals surface area contributed by atoms with E-state index >= 15 is 0 Å². The van der Waals surface area contributed by atoms with Crippen molar-refractivity contribution in [3.8, 4) is 12.3 Å². The zero-order valence-electron chi connectivity index (χ0n) is 10.5. The lowest BCUT2D eigenvalue weighted by Crippen LogP contribution is -2.28. The molecule has 1 fully saturated rings. The smallest absolute Gasteiger partial charge is 0.320 e. The molecule has 1 saturated carbocycles. The maximum absolute atomic E-state index is 11.5. The molecule has 0 atom stereocenters. The van der Waals surface area contributed by atoms with E-state index in [-0.39, 0.29) is 18.6 Å². The Kier molecular flexibility index (Phi) is 7.49. The lowest BCUT2D eigenvalue weighted by atomic mass is 10.1. The fraction of sp³-hybridized carbons (Fsp3) is 0.786. The highest BCUT2D eigenvalue weighted by atomic mass is 16.5. The van der Waals surface area contributed by atoms with E-state index in [1.165, 1.54) is 38.5 Å². The number of carbonyl (C=O) groups is 1. The molecule has 0 aliphatic heterocycles. The minimum absolute atomic E-state index is 0.119.